The Morgan fingerprint density at radius 3 is 0.647 bits per heavy atom. The Balaban J connectivity index is 0.000000134. The first kappa shape index (κ1) is 58.6. The van der Waals surface area contributed by atoms with Crippen molar-refractivity contribution in [2.24, 2.45) is 0 Å². The largest absolute Gasteiger partial charge is 0.494 e. The maximum Gasteiger partial charge on any atom is 0.494 e. The number of hydrogen-bond donors (Lipinski definition) is 0. The molecule has 0 amide bonds. The van der Waals surface area contributed by atoms with E-state index in [9.17, 15) is 0 Å². The van der Waals surface area contributed by atoms with Gasteiger partial charge in [-0.15, -0.1) is 0 Å². The molecule has 2 heterocycles. The van der Waals surface area contributed by atoms with Crippen LogP contribution >= 0.6 is 15.9 Å². The lowest BCUT2D eigenvalue weighted by Crippen LogP contribution is -2.41. The molecule has 0 unspecified atom stereocenters. The average molecular weight is 1170 g/mol. The lowest BCUT2D eigenvalue weighted by molar-refractivity contribution is 0.00578. The van der Waals surface area contributed by atoms with Crippen LogP contribution in [0.25, 0.3) is 89.0 Å². The predicted molar refractivity (Wildman–Crippen MR) is 362 cm³/mol. The molecule has 0 saturated carbocycles. The number of rotatable bonds is 10. The van der Waals surface area contributed by atoms with Gasteiger partial charge < -0.3 is 18.6 Å². The van der Waals surface area contributed by atoms with Crippen LogP contribution in [-0.4, -0.2) is 36.6 Å². The molecule has 2 aliphatic heterocycles. The van der Waals surface area contributed by atoms with Crippen LogP contribution in [-0.2, 0) is 18.6 Å². The fourth-order valence-corrected chi connectivity index (χ4v) is 11.0. The van der Waals surface area contributed by atoms with Gasteiger partial charge in [0.25, 0.3) is 0 Å². The van der Waals surface area contributed by atoms with E-state index < -0.39 is 0 Å². The van der Waals surface area contributed by atoms with E-state index in [-0.39, 0.29) is 36.6 Å². The molecule has 4 nitrogen and oxygen atoms in total. The zero-order chi connectivity index (χ0) is 59.2. The molecule has 85 heavy (non-hydrogen) atoms. The van der Waals surface area contributed by atoms with Crippen molar-refractivity contribution in [3.63, 3.8) is 0 Å². The Morgan fingerprint density at radius 2 is 0.400 bits per heavy atom. The van der Waals surface area contributed by atoms with E-state index in [1.165, 1.54) is 83.5 Å². The van der Waals surface area contributed by atoms with Crippen molar-refractivity contribution in [3.05, 3.63) is 290 Å². The summed E-state index contributed by atoms with van der Waals surface area (Å²) in [5, 5.41) is 0. The molecule has 0 aliphatic carbocycles. The minimum absolute atomic E-state index is 0.332. The van der Waals surface area contributed by atoms with Crippen molar-refractivity contribution >= 4 is 41.1 Å². The van der Waals surface area contributed by atoms with Crippen molar-refractivity contribution in [2.45, 2.75) is 77.8 Å². The Bertz CT molecular complexity index is 4030. The third-order valence-corrected chi connectivity index (χ3v) is 17.4. The summed E-state index contributed by atoms with van der Waals surface area (Å²) in [5.74, 6) is 0. The van der Waals surface area contributed by atoms with E-state index >= 15 is 0 Å². The van der Waals surface area contributed by atoms with Crippen molar-refractivity contribution < 1.29 is 18.6 Å². The maximum atomic E-state index is 6.27. The van der Waals surface area contributed by atoms with E-state index in [4.69, 9.17) is 18.6 Å². The molecule has 0 atom stereocenters. The third-order valence-electron chi connectivity index (χ3n) is 16.9. The average Bonchev–Trinajstić information content (AvgIpc) is 3.38. The summed E-state index contributed by atoms with van der Waals surface area (Å²) in [6, 6.07) is 100. The number of halogens is 1. The highest BCUT2D eigenvalue weighted by atomic mass is 79.9. The quantitative estimate of drug-likeness (QED) is 0.128. The molecule has 0 aromatic heterocycles. The van der Waals surface area contributed by atoms with Gasteiger partial charge >= 0.3 is 14.2 Å². The zero-order valence-electron chi connectivity index (χ0n) is 49.8. The molecule has 2 saturated heterocycles. The summed E-state index contributed by atoms with van der Waals surface area (Å²) < 4.78 is 26.1. The Kier molecular flexibility index (Phi) is 17.4. The van der Waals surface area contributed by atoms with Crippen molar-refractivity contribution in [3.8, 4) is 89.0 Å². The van der Waals surface area contributed by atoms with Gasteiger partial charge in [0.1, 0.15) is 0 Å². The predicted octanol–water partition coefficient (Wildman–Crippen LogP) is 19.8. The highest BCUT2D eigenvalue weighted by molar-refractivity contribution is 9.10. The van der Waals surface area contributed by atoms with Gasteiger partial charge in [-0.25, -0.2) is 0 Å². The molecule has 420 valence electrons. The molecule has 2 aliphatic rings. The summed E-state index contributed by atoms with van der Waals surface area (Å²) in [4.78, 5) is 0. The Labute approximate surface area is 512 Å². The summed E-state index contributed by atoms with van der Waals surface area (Å²) in [6.07, 6.45) is 0. The molecular weight excluding hydrogens is 1100 g/mol. The van der Waals surface area contributed by atoms with Crippen molar-refractivity contribution in [1.82, 2.24) is 0 Å². The van der Waals surface area contributed by atoms with Crippen LogP contribution in [0.1, 0.15) is 55.4 Å². The molecule has 7 heteroatoms. The molecule has 11 aromatic rings. The first-order chi connectivity index (χ1) is 41.0. The Hall–Kier alpha value is -8.13. The van der Waals surface area contributed by atoms with Gasteiger partial charge in [0.05, 0.1) is 22.4 Å². The van der Waals surface area contributed by atoms with Gasteiger partial charge in [-0.05, 0) is 198 Å². The topological polar surface area (TPSA) is 36.9 Å². The van der Waals surface area contributed by atoms with Gasteiger partial charge in [0.15, 0.2) is 0 Å². The summed E-state index contributed by atoms with van der Waals surface area (Å²) in [6.45, 7) is 16.7. The maximum absolute atomic E-state index is 6.27. The fourth-order valence-electron chi connectivity index (χ4n) is 10.6. The van der Waals surface area contributed by atoms with E-state index in [1.54, 1.807) is 0 Å². The summed E-state index contributed by atoms with van der Waals surface area (Å²) in [7, 11) is -0.701. The third kappa shape index (κ3) is 13.7. The van der Waals surface area contributed by atoms with Gasteiger partial charge in [-0.2, -0.15) is 0 Å². The first-order valence-electron chi connectivity index (χ1n) is 29.3. The minimum Gasteiger partial charge on any atom is -0.399 e. The van der Waals surface area contributed by atoms with Gasteiger partial charge in [0.2, 0.25) is 0 Å². The molecule has 0 N–H and O–H groups in total. The van der Waals surface area contributed by atoms with Gasteiger partial charge in [-0.3, -0.25) is 0 Å². The van der Waals surface area contributed by atoms with Crippen LogP contribution < -0.4 is 10.9 Å². The van der Waals surface area contributed by atoms with E-state index in [2.05, 4.69) is 350 Å². The monoisotopic (exact) mass is 1170 g/mol. The molecule has 2 fully saturated rings. The van der Waals surface area contributed by atoms with E-state index in [0.717, 1.165) is 21.0 Å². The van der Waals surface area contributed by atoms with Crippen molar-refractivity contribution in [1.29, 1.82) is 0 Å². The molecule has 11 aromatic carbocycles. The highest BCUT2D eigenvalue weighted by Gasteiger charge is 2.52. The lowest BCUT2D eigenvalue weighted by Gasteiger charge is -2.32. The van der Waals surface area contributed by atoms with Crippen LogP contribution in [0.4, 0.5) is 0 Å². The highest BCUT2D eigenvalue weighted by Crippen LogP contribution is 2.39. The van der Waals surface area contributed by atoms with Crippen LogP contribution in [0.15, 0.2) is 290 Å². The van der Waals surface area contributed by atoms with E-state index in [0.29, 0.717) is 0 Å². The smallest absolute Gasteiger partial charge is 0.399 e. The SMILES string of the molecule is Brc1cccc(-c2cccc(-c3cccc(-c4ccccc4)c3)c2)c1.CC1(C)OB(c2cccc(-c3cccc(-c4cccc(-c5ccccc5)c4)c3)c2)OC1(C)C.CC1(C)OB(c2cccc(-c3cccc(-c4ccccc4)c3)c2)OC1(C)C. The van der Waals surface area contributed by atoms with Crippen LogP contribution in [0, 0.1) is 0 Å². The standard InChI is InChI=1S/C30H29BO2.C24H25BO2.C24H17Br/c1-29(2)30(3,4)33-31(32-29)28-18-10-17-27(21-28)26-16-9-15-25(20-26)24-14-8-13-23(19-24)22-11-6-5-7-12-22;1-23(2)24(3,4)27-25(26-23)22-15-9-14-21(17-22)20-13-8-12-19(16-20)18-10-6-5-7-11-18;25-24-14-6-13-23(17-24)22-12-5-11-21(16-22)20-10-4-9-19(15-20)18-7-2-1-3-8-18/h5-21H,1-4H3;5-17H,1-4H3;1-17H. The fraction of sp³-hybridized carbons (Fsp3) is 0.154. The second-order valence-electron chi connectivity index (χ2n) is 23.9. The van der Waals surface area contributed by atoms with Gasteiger partial charge in [-0.1, -0.05) is 259 Å². The second kappa shape index (κ2) is 25.2. The first-order valence-corrected chi connectivity index (χ1v) is 30.1. The normalized spacial score (nSPS) is 15.3. The molecular formula is C78H71B2BrO4. The molecule has 0 bridgehead atoms. The van der Waals surface area contributed by atoms with E-state index in [1.807, 2.05) is 6.07 Å². The number of benzene rings is 11. The van der Waals surface area contributed by atoms with Gasteiger partial charge in [0, 0.05) is 4.47 Å². The van der Waals surface area contributed by atoms with Crippen LogP contribution in [0.2, 0.25) is 0 Å². The van der Waals surface area contributed by atoms with Crippen LogP contribution in [0.3, 0.4) is 0 Å². The zero-order valence-corrected chi connectivity index (χ0v) is 51.4. The second-order valence-corrected chi connectivity index (χ2v) is 24.9. The molecule has 0 radical (unpaired) electrons. The number of hydrogen-bond acceptors (Lipinski definition) is 4. The summed E-state index contributed by atoms with van der Waals surface area (Å²) in [5.41, 5.74) is 20.1. The van der Waals surface area contributed by atoms with Crippen LogP contribution in [0.5, 0.6) is 0 Å². The minimum atomic E-state index is -0.360. The molecule has 13 rings (SSSR count). The Morgan fingerprint density at radius 1 is 0.212 bits per heavy atom. The lowest BCUT2D eigenvalue weighted by atomic mass is 9.78. The molecule has 0 spiro atoms. The van der Waals surface area contributed by atoms with Crippen molar-refractivity contribution in [2.75, 3.05) is 0 Å². The summed E-state index contributed by atoms with van der Waals surface area (Å²) >= 11 is 3.56.